The number of esters is 1. The Labute approximate surface area is 163 Å². The molecule has 4 rings (SSSR count). The molecule has 0 fully saturated rings. The summed E-state index contributed by atoms with van der Waals surface area (Å²) in [6, 6.07) is 18.5. The molecule has 0 unspecified atom stereocenters. The third-order valence-electron chi connectivity index (χ3n) is 5.05. The van der Waals surface area contributed by atoms with Gasteiger partial charge < -0.3 is 15.0 Å². The van der Waals surface area contributed by atoms with Gasteiger partial charge in [-0.1, -0.05) is 36.4 Å². The Hall–Kier alpha value is -3.56. The van der Waals surface area contributed by atoms with Crippen molar-refractivity contribution in [2.45, 2.75) is 19.6 Å². The number of carbonyl (C=O) groups excluding carboxylic acids is 1. The predicted octanol–water partition coefficient (Wildman–Crippen LogP) is 3.23. The number of hydrogen-bond acceptors (Lipinski definition) is 5. The molecule has 0 aliphatic carbocycles. The van der Waals surface area contributed by atoms with E-state index in [1.807, 2.05) is 36.4 Å². The van der Waals surface area contributed by atoms with Crippen molar-refractivity contribution >= 4 is 11.7 Å². The average molecular weight is 372 g/mol. The Morgan fingerprint density at radius 1 is 1.18 bits per heavy atom. The van der Waals surface area contributed by atoms with E-state index in [4.69, 9.17) is 10.5 Å². The number of nitrogens with two attached hydrogens (primary N) is 1. The van der Waals surface area contributed by atoms with Crippen molar-refractivity contribution in [3.05, 3.63) is 82.7 Å². The van der Waals surface area contributed by atoms with E-state index in [0.717, 1.165) is 25.3 Å². The third-order valence-corrected chi connectivity index (χ3v) is 5.05. The topological polar surface area (TPSA) is 84.3 Å². The zero-order chi connectivity index (χ0) is 19.7. The van der Waals surface area contributed by atoms with Gasteiger partial charge in [-0.15, -0.1) is 0 Å². The zero-order valence-corrected chi connectivity index (χ0v) is 15.6. The second-order valence-corrected chi connectivity index (χ2v) is 6.86. The third kappa shape index (κ3) is 3.13. The smallest absolute Gasteiger partial charge is 0.357 e. The van der Waals surface area contributed by atoms with Crippen LogP contribution >= 0.6 is 0 Å². The van der Waals surface area contributed by atoms with Crippen molar-refractivity contribution in [3.8, 4) is 11.8 Å². The molecule has 2 N–H and O–H groups in total. The second-order valence-electron chi connectivity index (χ2n) is 6.86. The first-order chi connectivity index (χ1) is 13.6. The molecule has 0 radical (unpaired) electrons. The van der Waals surface area contributed by atoms with Gasteiger partial charge in [-0.25, -0.2) is 4.79 Å². The minimum absolute atomic E-state index is 0.139. The number of hydrogen-bond donors (Lipinski definition) is 1. The summed E-state index contributed by atoms with van der Waals surface area (Å²) in [6.07, 6.45) is 1.58. The first kappa shape index (κ1) is 17.8. The lowest BCUT2D eigenvalue weighted by molar-refractivity contribution is 0.0593. The fraction of sp³-hybridized carbons (Fsp3) is 0.182. The molecule has 2 aromatic carbocycles. The molecule has 0 atom stereocenters. The first-order valence-corrected chi connectivity index (χ1v) is 8.98. The number of nitrogens with zero attached hydrogens (tertiary/aromatic N) is 3. The number of fused-ring (bicyclic) bond motifs is 1. The molecular weight excluding hydrogens is 352 g/mol. The minimum Gasteiger partial charge on any atom is -0.464 e. The van der Waals surface area contributed by atoms with Gasteiger partial charge in [-0.05, 0) is 28.8 Å². The molecule has 28 heavy (non-hydrogen) atoms. The Morgan fingerprint density at radius 2 is 1.93 bits per heavy atom. The quantitative estimate of drug-likeness (QED) is 0.711. The summed E-state index contributed by atoms with van der Waals surface area (Å²) in [6.45, 7) is 2.59. The van der Waals surface area contributed by atoms with Crippen molar-refractivity contribution in [2.75, 3.05) is 12.8 Å². The molecule has 0 saturated heterocycles. The van der Waals surface area contributed by atoms with Crippen LogP contribution in [0.15, 0.2) is 54.7 Å². The number of carbonyl (C=O) groups is 1. The van der Waals surface area contributed by atoms with Crippen LogP contribution in [0.25, 0.3) is 5.69 Å². The van der Waals surface area contributed by atoms with Crippen LogP contribution in [-0.2, 0) is 24.4 Å². The van der Waals surface area contributed by atoms with Gasteiger partial charge in [0.25, 0.3) is 0 Å². The lowest BCUT2D eigenvalue weighted by Gasteiger charge is -2.14. The van der Waals surface area contributed by atoms with Crippen LogP contribution in [0.5, 0.6) is 0 Å². The Morgan fingerprint density at radius 3 is 2.64 bits per heavy atom. The van der Waals surface area contributed by atoms with Crippen LogP contribution in [-0.4, -0.2) is 22.5 Å². The molecule has 2 heterocycles. The van der Waals surface area contributed by atoms with Crippen LogP contribution < -0.4 is 5.73 Å². The van der Waals surface area contributed by atoms with Gasteiger partial charge in [0.1, 0.15) is 6.07 Å². The lowest BCUT2D eigenvalue weighted by atomic mass is 10.1. The van der Waals surface area contributed by atoms with Crippen molar-refractivity contribution in [2.24, 2.45) is 0 Å². The van der Waals surface area contributed by atoms with Crippen molar-refractivity contribution < 1.29 is 9.53 Å². The van der Waals surface area contributed by atoms with Gasteiger partial charge in [0.05, 0.1) is 18.4 Å². The molecule has 0 amide bonds. The number of rotatable bonds is 4. The maximum atomic E-state index is 12.2. The lowest BCUT2D eigenvalue weighted by Crippen LogP contribution is -2.15. The molecule has 1 aliphatic rings. The van der Waals surface area contributed by atoms with Crippen molar-refractivity contribution in [1.29, 1.82) is 5.26 Å². The highest BCUT2D eigenvalue weighted by molar-refractivity contribution is 5.95. The zero-order valence-electron chi connectivity index (χ0n) is 15.6. The second kappa shape index (κ2) is 7.22. The number of ether oxygens (including phenoxy) is 1. The van der Waals surface area contributed by atoms with Gasteiger partial charge >= 0.3 is 5.97 Å². The Kier molecular flexibility index (Phi) is 4.60. The number of nitrogen functional groups attached to an aromatic ring is 1. The van der Waals surface area contributed by atoms with E-state index in [-0.39, 0.29) is 16.9 Å². The van der Waals surface area contributed by atoms with E-state index < -0.39 is 5.97 Å². The summed E-state index contributed by atoms with van der Waals surface area (Å²) < 4.78 is 6.49. The van der Waals surface area contributed by atoms with E-state index in [1.165, 1.54) is 23.8 Å². The van der Waals surface area contributed by atoms with Crippen molar-refractivity contribution in [3.63, 3.8) is 0 Å². The highest BCUT2D eigenvalue weighted by Gasteiger charge is 2.24. The molecule has 0 bridgehead atoms. The molecule has 0 spiro atoms. The highest BCUT2D eigenvalue weighted by Crippen LogP contribution is 2.29. The van der Waals surface area contributed by atoms with Crippen LogP contribution in [0.1, 0.15) is 32.7 Å². The number of anilines is 1. The fourth-order valence-electron chi connectivity index (χ4n) is 3.67. The van der Waals surface area contributed by atoms with E-state index in [1.54, 1.807) is 10.8 Å². The van der Waals surface area contributed by atoms with Crippen LogP contribution in [0.2, 0.25) is 0 Å². The summed E-state index contributed by atoms with van der Waals surface area (Å²) in [5.74, 6) is -0.565. The van der Waals surface area contributed by atoms with Crippen molar-refractivity contribution in [1.82, 2.24) is 9.47 Å². The molecule has 6 nitrogen and oxygen atoms in total. The SMILES string of the molecule is COC(=O)c1c(N)c(C#N)cn1-c1ccc2c(c1)CN(Cc1ccccc1)C2. The fourth-order valence-corrected chi connectivity index (χ4v) is 3.67. The number of methoxy groups -OCH3 is 1. The van der Waals surface area contributed by atoms with E-state index in [2.05, 4.69) is 23.1 Å². The van der Waals surface area contributed by atoms with Crippen LogP contribution in [0.3, 0.4) is 0 Å². The summed E-state index contributed by atoms with van der Waals surface area (Å²) in [7, 11) is 1.30. The van der Waals surface area contributed by atoms with Gasteiger partial charge in [-0.2, -0.15) is 5.26 Å². The summed E-state index contributed by atoms with van der Waals surface area (Å²) in [4.78, 5) is 14.6. The maximum Gasteiger partial charge on any atom is 0.357 e. The maximum absolute atomic E-state index is 12.2. The minimum atomic E-state index is -0.565. The molecule has 1 aromatic heterocycles. The Bertz CT molecular complexity index is 1080. The Balaban J connectivity index is 1.65. The molecular formula is C22H20N4O2. The standard InChI is InChI=1S/C22H20N4O2/c1-28-22(27)21-20(24)18(10-23)14-26(21)19-8-7-16-12-25(13-17(16)9-19)11-15-5-3-2-4-6-15/h2-9,14H,11-13,24H2,1H3. The largest absolute Gasteiger partial charge is 0.464 e. The summed E-state index contributed by atoms with van der Waals surface area (Å²) in [5.41, 5.74) is 11.1. The van der Waals surface area contributed by atoms with Crippen LogP contribution in [0, 0.1) is 11.3 Å². The number of aromatic nitrogens is 1. The first-order valence-electron chi connectivity index (χ1n) is 8.98. The van der Waals surface area contributed by atoms with Gasteiger partial charge in [0.15, 0.2) is 5.69 Å². The molecule has 0 saturated carbocycles. The summed E-state index contributed by atoms with van der Waals surface area (Å²) >= 11 is 0. The van der Waals surface area contributed by atoms with E-state index in [0.29, 0.717) is 0 Å². The van der Waals surface area contributed by atoms with Crippen LogP contribution in [0.4, 0.5) is 5.69 Å². The number of nitriles is 1. The van der Waals surface area contributed by atoms with Gasteiger partial charge in [0, 0.05) is 31.5 Å². The molecule has 140 valence electrons. The van der Waals surface area contributed by atoms with E-state index >= 15 is 0 Å². The van der Waals surface area contributed by atoms with Gasteiger partial charge in [-0.3, -0.25) is 4.90 Å². The molecule has 6 heteroatoms. The number of benzene rings is 2. The average Bonchev–Trinajstić information content (AvgIpc) is 3.27. The molecule has 1 aliphatic heterocycles. The van der Waals surface area contributed by atoms with E-state index in [9.17, 15) is 10.1 Å². The molecule has 3 aromatic rings. The van der Waals surface area contributed by atoms with Gasteiger partial charge in [0.2, 0.25) is 0 Å². The normalized spacial score (nSPS) is 13.1. The summed E-state index contributed by atoms with van der Waals surface area (Å²) in [5, 5.41) is 9.29. The highest BCUT2D eigenvalue weighted by atomic mass is 16.5. The predicted molar refractivity (Wildman–Crippen MR) is 106 cm³/mol. The monoisotopic (exact) mass is 372 g/mol.